The number of hydrogen-bond acceptors (Lipinski definition) is 3. The monoisotopic (exact) mass is 300 g/mol. The van der Waals surface area contributed by atoms with E-state index in [4.69, 9.17) is 10.2 Å². The number of nitrogens with two attached hydrogens (primary N) is 1. The summed E-state index contributed by atoms with van der Waals surface area (Å²) in [6.07, 6.45) is 1.51. The molecular formula is C17H20N2O3. The molecule has 5 nitrogen and oxygen atoms in total. The van der Waals surface area contributed by atoms with Crippen LogP contribution in [0, 0.1) is 25.7 Å². The van der Waals surface area contributed by atoms with E-state index in [9.17, 15) is 9.59 Å². The van der Waals surface area contributed by atoms with Crippen molar-refractivity contribution in [3.8, 4) is 0 Å². The molecule has 0 saturated carbocycles. The highest BCUT2D eigenvalue weighted by atomic mass is 16.3. The van der Waals surface area contributed by atoms with E-state index in [1.807, 2.05) is 32.9 Å². The molecule has 2 atom stereocenters. The average Bonchev–Trinajstić information content (AvgIpc) is 3.02. The van der Waals surface area contributed by atoms with Gasteiger partial charge in [-0.15, -0.1) is 0 Å². The SMILES string of the molecule is Cc1cc2occ(C(=O)N3C[C@@H](C)[C@H](C(N)=O)C3)c2cc1C. The molecule has 1 saturated heterocycles. The van der Waals surface area contributed by atoms with Crippen molar-refractivity contribution in [1.82, 2.24) is 4.90 Å². The first-order chi connectivity index (χ1) is 10.4. The van der Waals surface area contributed by atoms with Crippen LogP contribution in [-0.4, -0.2) is 29.8 Å². The van der Waals surface area contributed by atoms with Crippen LogP contribution in [0.3, 0.4) is 0 Å². The molecule has 1 aromatic heterocycles. The van der Waals surface area contributed by atoms with Crippen LogP contribution in [0.15, 0.2) is 22.8 Å². The first kappa shape index (κ1) is 14.6. The number of carbonyl (C=O) groups is 2. The van der Waals surface area contributed by atoms with Gasteiger partial charge in [-0.2, -0.15) is 0 Å². The van der Waals surface area contributed by atoms with Gasteiger partial charge < -0.3 is 15.1 Å². The molecule has 3 rings (SSSR count). The number of amides is 2. The molecule has 22 heavy (non-hydrogen) atoms. The first-order valence-corrected chi connectivity index (χ1v) is 7.45. The van der Waals surface area contributed by atoms with Gasteiger partial charge in [0.25, 0.3) is 5.91 Å². The van der Waals surface area contributed by atoms with Crippen LogP contribution in [0.5, 0.6) is 0 Å². The van der Waals surface area contributed by atoms with E-state index in [0.29, 0.717) is 24.2 Å². The third-order valence-electron chi connectivity index (χ3n) is 4.69. The highest BCUT2D eigenvalue weighted by molar-refractivity contribution is 6.06. The van der Waals surface area contributed by atoms with Gasteiger partial charge in [0.05, 0.1) is 11.5 Å². The maximum atomic E-state index is 12.7. The topological polar surface area (TPSA) is 76.5 Å². The predicted molar refractivity (Wildman–Crippen MR) is 83.4 cm³/mol. The molecule has 0 radical (unpaired) electrons. The zero-order valence-electron chi connectivity index (χ0n) is 13.1. The number of furan rings is 1. The quantitative estimate of drug-likeness (QED) is 0.924. The van der Waals surface area contributed by atoms with Crippen molar-refractivity contribution in [1.29, 1.82) is 0 Å². The number of hydrogen-bond donors (Lipinski definition) is 1. The van der Waals surface area contributed by atoms with Crippen LogP contribution >= 0.6 is 0 Å². The number of aryl methyl sites for hydroxylation is 2. The van der Waals surface area contributed by atoms with Gasteiger partial charge in [0, 0.05) is 18.5 Å². The average molecular weight is 300 g/mol. The Morgan fingerprint density at radius 2 is 1.91 bits per heavy atom. The largest absolute Gasteiger partial charge is 0.463 e. The van der Waals surface area contributed by atoms with Crippen molar-refractivity contribution >= 4 is 22.8 Å². The summed E-state index contributed by atoms with van der Waals surface area (Å²) >= 11 is 0. The number of carbonyl (C=O) groups excluding carboxylic acids is 2. The first-order valence-electron chi connectivity index (χ1n) is 7.45. The summed E-state index contributed by atoms with van der Waals surface area (Å²) in [5, 5.41) is 0.822. The van der Waals surface area contributed by atoms with Crippen LogP contribution in [0.25, 0.3) is 11.0 Å². The van der Waals surface area contributed by atoms with Crippen LogP contribution in [0.1, 0.15) is 28.4 Å². The molecule has 0 bridgehead atoms. The number of likely N-dealkylation sites (tertiary alicyclic amines) is 1. The summed E-state index contributed by atoms with van der Waals surface area (Å²) in [5.74, 6) is -0.626. The molecule has 0 aliphatic carbocycles. The van der Waals surface area contributed by atoms with Crippen molar-refractivity contribution in [3.05, 3.63) is 35.1 Å². The van der Waals surface area contributed by atoms with Crippen LogP contribution in [-0.2, 0) is 4.79 Å². The van der Waals surface area contributed by atoms with Crippen molar-refractivity contribution in [3.63, 3.8) is 0 Å². The molecule has 1 aromatic carbocycles. The third-order valence-corrected chi connectivity index (χ3v) is 4.69. The molecule has 116 valence electrons. The van der Waals surface area contributed by atoms with E-state index in [1.165, 1.54) is 6.26 Å². The van der Waals surface area contributed by atoms with Crippen LogP contribution in [0.2, 0.25) is 0 Å². The fourth-order valence-electron chi connectivity index (χ4n) is 3.12. The van der Waals surface area contributed by atoms with E-state index < -0.39 is 0 Å². The Balaban J connectivity index is 1.93. The van der Waals surface area contributed by atoms with E-state index in [2.05, 4.69) is 0 Å². The summed E-state index contributed by atoms with van der Waals surface area (Å²) in [7, 11) is 0. The summed E-state index contributed by atoms with van der Waals surface area (Å²) in [4.78, 5) is 25.9. The maximum absolute atomic E-state index is 12.7. The van der Waals surface area contributed by atoms with Crippen molar-refractivity contribution < 1.29 is 14.0 Å². The molecule has 1 aliphatic rings. The number of primary amides is 1. The summed E-state index contributed by atoms with van der Waals surface area (Å²) in [5.41, 5.74) is 8.91. The number of benzene rings is 1. The predicted octanol–water partition coefficient (Wildman–Crippen LogP) is 2.24. The highest BCUT2D eigenvalue weighted by Gasteiger charge is 2.36. The molecule has 2 aromatic rings. The molecule has 1 aliphatic heterocycles. The molecule has 1 fully saturated rings. The van der Waals surface area contributed by atoms with Crippen molar-refractivity contribution in [2.24, 2.45) is 17.6 Å². The molecule has 0 unspecified atom stereocenters. The molecule has 2 heterocycles. The van der Waals surface area contributed by atoms with Gasteiger partial charge in [0.15, 0.2) is 0 Å². The van der Waals surface area contributed by atoms with Gasteiger partial charge in [-0.1, -0.05) is 6.92 Å². The normalized spacial score (nSPS) is 21.5. The van der Waals surface area contributed by atoms with Gasteiger partial charge in [0.2, 0.25) is 5.91 Å². The second kappa shape index (κ2) is 5.16. The number of rotatable bonds is 2. The highest BCUT2D eigenvalue weighted by Crippen LogP contribution is 2.29. The zero-order valence-corrected chi connectivity index (χ0v) is 13.1. The Hall–Kier alpha value is -2.30. The second-order valence-corrected chi connectivity index (χ2v) is 6.28. The number of fused-ring (bicyclic) bond motifs is 1. The lowest BCUT2D eigenvalue weighted by Gasteiger charge is -2.15. The third kappa shape index (κ3) is 2.26. The smallest absolute Gasteiger partial charge is 0.257 e. The van der Waals surface area contributed by atoms with Crippen LogP contribution < -0.4 is 5.73 Å². The van der Waals surface area contributed by atoms with Crippen molar-refractivity contribution in [2.75, 3.05) is 13.1 Å². The standard InChI is InChI=1S/C17H20N2O3/c1-9-4-12-14(8-22-15(12)5-10(9)2)17(21)19-6-11(3)13(7-19)16(18)20/h4-5,8,11,13H,6-7H2,1-3H3,(H2,18,20)/t11-,13-/m1/s1. The van der Waals surface area contributed by atoms with Crippen LogP contribution in [0.4, 0.5) is 0 Å². The molecule has 0 spiro atoms. The minimum Gasteiger partial charge on any atom is -0.463 e. The van der Waals surface area contributed by atoms with E-state index in [-0.39, 0.29) is 23.7 Å². The minimum absolute atomic E-state index is 0.0867. The lowest BCUT2D eigenvalue weighted by molar-refractivity contribution is -0.122. The summed E-state index contributed by atoms with van der Waals surface area (Å²) < 4.78 is 5.53. The Morgan fingerprint density at radius 1 is 1.23 bits per heavy atom. The van der Waals surface area contributed by atoms with Gasteiger partial charge >= 0.3 is 0 Å². The Labute approximate surface area is 129 Å². The summed E-state index contributed by atoms with van der Waals surface area (Å²) in [6, 6.07) is 3.92. The lowest BCUT2D eigenvalue weighted by atomic mass is 9.98. The second-order valence-electron chi connectivity index (χ2n) is 6.28. The fourth-order valence-corrected chi connectivity index (χ4v) is 3.12. The van der Waals surface area contributed by atoms with Gasteiger partial charge in [-0.3, -0.25) is 9.59 Å². The molecule has 5 heteroatoms. The molecular weight excluding hydrogens is 280 g/mol. The molecule has 2 amide bonds. The van der Waals surface area contributed by atoms with Crippen molar-refractivity contribution in [2.45, 2.75) is 20.8 Å². The zero-order chi connectivity index (χ0) is 16.0. The van der Waals surface area contributed by atoms with E-state index >= 15 is 0 Å². The Morgan fingerprint density at radius 3 is 2.55 bits per heavy atom. The van der Waals surface area contributed by atoms with E-state index in [0.717, 1.165) is 16.5 Å². The minimum atomic E-state index is -0.341. The van der Waals surface area contributed by atoms with Gasteiger partial charge in [-0.25, -0.2) is 0 Å². The lowest BCUT2D eigenvalue weighted by Crippen LogP contribution is -2.31. The fraction of sp³-hybridized carbons (Fsp3) is 0.412. The Kier molecular flexibility index (Phi) is 3.43. The van der Waals surface area contributed by atoms with E-state index in [1.54, 1.807) is 4.90 Å². The van der Waals surface area contributed by atoms with Gasteiger partial charge in [0.1, 0.15) is 11.8 Å². The Bertz CT molecular complexity index is 763. The maximum Gasteiger partial charge on any atom is 0.257 e. The summed E-state index contributed by atoms with van der Waals surface area (Å²) in [6.45, 7) is 6.90. The van der Waals surface area contributed by atoms with Gasteiger partial charge in [-0.05, 0) is 43.0 Å². The molecule has 2 N–H and O–H groups in total. The number of nitrogens with zero attached hydrogens (tertiary/aromatic N) is 1.